The summed E-state index contributed by atoms with van der Waals surface area (Å²) in [5, 5.41) is 11.9. The van der Waals surface area contributed by atoms with Crippen molar-refractivity contribution in [3.63, 3.8) is 0 Å². The van der Waals surface area contributed by atoms with Gasteiger partial charge in [0.1, 0.15) is 0 Å². The van der Waals surface area contributed by atoms with E-state index < -0.39 is 28.3 Å². The lowest BCUT2D eigenvalue weighted by atomic mass is 9.84. The Hall–Kier alpha value is -3.58. The first kappa shape index (κ1) is 22.6. The molecule has 0 bridgehead atoms. The minimum atomic E-state index is -3.80. The fraction of sp³-hybridized carbons (Fsp3) is 0.261. The van der Waals surface area contributed by atoms with Crippen LogP contribution < -0.4 is 10.2 Å². The third-order valence-corrected chi connectivity index (χ3v) is 6.84. The van der Waals surface area contributed by atoms with Crippen molar-refractivity contribution in [2.45, 2.75) is 36.6 Å². The van der Waals surface area contributed by atoms with Crippen LogP contribution in [0.25, 0.3) is 0 Å². The molecule has 0 aromatic heterocycles. The Balaban J connectivity index is 1.92. The number of rotatable bonds is 4. The maximum absolute atomic E-state index is 13.2. The molecule has 1 aliphatic heterocycles. The lowest BCUT2D eigenvalue weighted by Crippen LogP contribution is -2.49. The molecule has 1 N–H and O–H groups in total. The maximum Gasteiger partial charge on any atom is 0.327 e. The highest BCUT2D eigenvalue weighted by Crippen LogP contribution is 2.41. The van der Waals surface area contributed by atoms with Crippen molar-refractivity contribution in [3.8, 4) is 6.07 Å². The van der Waals surface area contributed by atoms with Crippen LogP contribution in [0.15, 0.2) is 58.6 Å². The second-order valence-electron chi connectivity index (χ2n) is 7.89. The number of hydrogen-bond donors (Lipinski definition) is 1. The number of halogens is 2. The summed E-state index contributed by atoms with van der Waals surface area (Å²) in [5.74, 6) is -0.264. The molecule has 33 heavy (non-hydrogen) atoms. The standard InChI is InChI=1S/C23H19F2N3O4S/c1-33(31,32)19-10-13(12-26)8-9-16(19)21-20-17(6-3-7-18(20)29)28(23(30)27-21)15-5-2-4-14(11-15)22(24)25/h2,4-5,8-11,21-22H,3,6-7H2,1H3,(H,27,30)/t21-/m0/s1. The first-order chi connectivity index (χ1) is 15.6. The minimum Gasteiger partial charge on any atom is -0.326 e. The Morgan fingerprint density at radius 3 is 2.58 bits per heavy atom. The van der Waals surface area contributed by atoms with Gasteiger partial charge in [0.05, 0.1) is 28.3 Å². The molecule has 0 fully saturated rings. The van der Waals surface area contributed by atoms with E-state index in [1.54, 1.807) is 0 Å². The molecule has 2 aromatic carbocycles. The highest BCUT2D eigenvalue weighted by molar-refractivity contribution is 7.90. The number of nitrogens with zero attached hydrogens (tertiary/aromatic N) is 2. The molecule has 0 unspecified atom stereocenters. The van der Waals surface area contributed by atoms with Gasteiger partial charge in [-0.25, -0.2) is 22.0 Å². The number of amides is 2. The highest BCUT2D eigenvalue weighted by Gasteiger charge is 2.41. The lowest BCUT2D eigenvalue weighted by Gasteiger charge is -2.39. The number of allylic oxidation sites excluding steroid dienone is 1. The maximum atomic E-state index is 13.2. The summed E-state index contributed by atoms with van der Waals surface area (Å²) in [5.41, 5.74) is 0.796. The molecule has 2 amide bonds. The van der Waals surface area contributed by atoms with Crippen molar-refractivity contribution in [3.05, 3.63) is 70.4 Å². The van der Waals surface area contributed by atoms with E-state index in [1.165, 1.54) is 47.4 Å². The number of ketones is 1. The molecule has 0 saturated carbocycles. The number of hydrogen-bond acceptors (Lipinski definition) is 5. The van der Waals surface area contributed by atoms with Crippen LogP contribution in [-0.4, -0.2) is 26.5 Å². The van der Waals surface area contributed by atoms with E-state index in [9.17, 15) is 32.0 Å². The molecule has 170 valence electrons. The summed E-state index contributed by atoms with van der Waals surface area (Å²) >= 11 is 0. The molecule has 10 heteroatoms. The van der Waals surface area contributed by atoms with Crippen molar-refractivity contribution in [1.82, 2.24) is 5.32 Å². The van der Waals surface area contributed by atoms with Gasteiger partial charge in [-0.1, -0.05) is 18.2 Å². The van der Waals surface area contributed by atoms with Crippen LogP contribution in [0.1, 0.15) is 48.4 Å². The predicted molar refractivity (Wildman–Crippen MR) is 115 cm³/mol. The molecule has 1 aliphatic carbocycles. The van der Waals surface area contributed by atoms with Gasteiger partial charge in [0.2, 0.25) is 0 Å². The van der Waals surface area contributed by atoms with Gasteiger partial charge in [-0.3, -0.25) is 9.69 Å². The van der Waals surface area contributed by atoms with Gasteiger partial charge in [0.15, 0.2) is 15.6 Å². The Bertz CT molecular complexity index is 1350. The van der Waals surface area contributed by atoms with E-state index in [1.807, 2.05) is 6.07 Å². The van der Waals surface area contributed by atoms with Crippen molar-refractivity contribution < 1.29 is 26.8 Å². The summed E-state index contributed by atoms with van der Waals surface area (Å²) in [7, 11) is -3.80. The fourth-order valence-electron chi connectivity index (χ4n) is 4.26. The van der Waals surface area contributed by atoms with Gasteiger partial charge in [-0.05, 0) is 42.7 Å². The van der Waals surface area contributed by atoms with Gasteiger partial charge in [-0.2, -0.15) is 5.26 Å². The lowest BCUT2D eigenvalue weighted by molar-refractivity contribution is -0.116. The first-order valence-corrected chi connectivity index (χ1v) is 12.0. The van der Waals surface area contributed by atoms with E-state index >= 15 is 0 Å². The Labute approximate surface area is 189 Å². The quantitative estimate of drug-likeness (QED) is 0.720. The van der Waals surface area contributed by atoms with Crippen LogP contribution in [-0.2, 0) is 14.6 Å². The monoisotopic (exact) mass is 471 g/mol. The average molecular weight is 471 g/mol. The molecular weight excluding hydrogens is 452 g/mol. The predicted octanol–water partition coefficient (Wildman–Crippen LogP) is 4.18. The number of Topliss-reactive ketones (excluding diaryl/α,β-unsaturated/α-hetero) is 1. The third-order valence-electron chi connectivity index (χ3n) is 5.69. The number of carbonyl (C=O) groups excluding carboxylic acids is 2. The van der Waals surface area contributed by atoms with Gasteiger partial charge in [0, 0.05) is 29.5 Å². The van der Waals surface area contributed by atoms with Crippen molar-refractivity contribution in [2.75, 3.05) is 11.2 Å². The van der Waals surface area contributed by atoms with Crippen LogP contribution in [0, 0.1) is 11.3 Å². The summed E-state index contributed by atoms with van der Waals surface area (Å²) in [4.78, 5) is 27.2. The number of alkyl halides is 2. The van der Waals surface area contributed by atoms with Crippen LogP contribution in [0.4, 0.5) is 19.3 Å². The molecule has 1 atom stereocenters. The van der Waals surface area contributed by atoms with Crippen LogP contribution in [0.2, 0.25) is 0 Å². The Kier molecular flexibility index (Phi) is 5.76. The van der Waals surface area contributed by atoms with Gasteiger partial charge < -0.3 is 5.32 Å². The summed E-state index contributed by atoms with van der Waals surface area (Å²) in [6, 6.07) is 9.56. The smallest absolute Gasteiger partial charge is 0.326 e. The van der Waals surface area contributed by atoms with Crippen molar-refractivity contribution in [1.29, 1.82) is 5.26 Å². The van der Waals surface area contributed by atoms with Gasteiger partial charge >= 0.3 is 6.03 Å². The number of nitrogens with one attached hydrogen (secondary N) is 1. The summed E-state index contributed by atoms with van der Waals surface area (Å²) in [6.07, 6.45) is -0.732. The Morgan fingerprint density at radius 2 is 1.91 bits per heavy atom. The molecular formula is C23H19F2N3O4S. The summed E-state index contributed by atoms with van der Waals surface area (Å²) in [6.45, 7) is 0. The second-order valence-corrected chi connectivity index (χ2v) is 9.87. The molecule has 4 rings (SSSR count). The second kappa shape index (κ2) is 8.41. The number of anilines is 1. The zero-order valence-electron chi connectivity index (χ0n) is 17.5. The van der Waals surface area contributed by atoms with Gasteiger partial charge in [0.25, 0.3) is 6.43 Å². The zero-order chi connectivity index (χ0) is 23.9. The molecule has 2 aliphatic rings. The average Bonchev–Trinajstić information content (AvgIpc) is 2.77. The normalized spacial score (nSPS) is 18.8. The topological polar surface area (TPSA) is 107 Å². The van der Waals surface area contributed by atoms with Crippen molar-refractivity contribution in [2.24, 2.45) is 0 Å². The third kappa shape index (κ3) is 4.12. The molecule has 1 heterocycles. The van der Waals surface area contributed by atoms with E-state index in [2.05, 4.69) is 5.32 Å². The number of benzene rings is 2. The van der Waals surface area contributed by atoms with E-state index in [-0.39, 0.29) is 45.1 Å². The zero-order valence-corrected chi connectivity index (χ0v) is 18.3. The minimum absolute atomic E-state index is 0.121. The van der Waals surface area contributed by atoms with Crippen molar-refractivity contribution >= 4 is 27.3 Å². The van der Waals surface area contributed by atoms with E-state index in [0.717, 1.165) is 6.26 Å². The fourth-order valence-corrected chi connectivity index (χ4v) is 5.21. The summed E-state index contributed by atoms with van der Waals surface area (Å²) < 4.78 is 51.4. The van der Waals surface area contributed by atoms with Gasteiger partial charge in [-0.15, -0.1) is 0 Å². The number of urea groups is 1. The Morgan fingerprint density at radius 1 is 1.15 bits per heavy atom. The number of sulfone groups is 1. The van der Waals surface area contributed by atoms with Crippen LogP contribution in [0.5, 0.6) is 0 Å². The van der Waals surface area contributed by atoms with Crippen LogP contribution in [0.3, 0.4) is 0 Å². The van der Waals surface area contributed by atoms with E-state index in [4.69, 9.17) is 0 Å². The molecule has 0 spiro atoms. The number of nitriles is 1. The molecule has 2 aromatic rings. The van der Waals surface area contributed by atoms with E-state index in [0.29, 0.717) is 18.5 Å². The SMILES string of the molecule is CS(=O)(=O)c1cc(C#N)ccc1[C@@H]1NC(=O)N(c2cccc(C(F)F)c2)C2=C1C(=O)CCC2. The van der Waals surface area contributed by atoms with Crippen LogP contribution >= 0.6 is 0 Å². The largest absolute Gasteiger partial charge is 0.327 e. The molecule has 0 saturated heterocycles. The first-order valence-electron chi connectivity index (χ1n) is 10.1. The molecule has 7 nitrogen and oxygen atoms in total. The number of carbonyl (C=O) groups is 2. The highest BCUT2D eigenvalue weighted by atomic mass is 32.2. The molecule has 0 radical (unpaired) electrons.